The fourth-order valence-corrected chi connectivity index (χ4v) is 3.81. The maximum atomic E-state index is 13.0. The summed E-state index contributed by atoms with van der Waals surface area (Å²) in [6.07, 6.45) is 9.55. The van der Waals surface area contributed by atoms with Gasteiger partial charge in [0, 0.05) is 20.0 Å². The van der Waals surface area contributed by atoms with E-state index in [2.05, 4.69) is 13.8 Å². The molecule has 160 valence electrons. The number of aromatic nitrogens is 2. The molecule has 2 rings (SSSR count). The Balaban J connectivity index is 2.17. The molecule has 0 aliphatic carbocycles. The van der Waals surface area contributed by atoms with E-state index in [9.17, 15) is 9.59 Å². The van der Waals surface area contributed by atoms with Crippen LogP contribution in [0.1, 0.15) is 90.4 Å². The molecule has 0 radical (unpaired) electrons. The van der Waals surface area contributed by atoms with Gasteiger partial charge in [-0.2, -0.15) is 0 Å². The van der Waals surface area contributed by atoms with Crippen LogP contribution in [0.25, 0.3) is 10.9 Å². The zero-order chi connectivity index (χ0) is 21.2. The predicted molar refractivity (Wildman–Crippen MR) is 120 cm³/mol. The second-order valence-electron chi connectivity index (χ2n) is 7.99. The van der Waals surface area contributed by atoms with Crippen molar-refractivity contribution in [3.8, 4) is 0 Å². The minimum atomic E-state index is -0.226. The summed E-state index contributed by atoms with van der Waals surface area (Å²) in [6.45, 7) is 7.04. The zero-order valence-corrected chi connectivity index (χ0v) is 18.6. The van der Waals surface area contributed by atoms with E-state index >= 15 is 0 Å². The van der Waals surface area contributed by atoms with Crippen molar-refractivity contribution >= 4 is 16.8 Å². The Morgan fingerprint density at radius 1 is 1.03 bits per heavy atom. The average molecular weight is 400 g/mol. The maximum Gasteiger partial charge on any atom is 0.261 e. The molecule has 1 heterocycles. The molecule has 0 spiro atoms. The number of hydrogen-bond acceptors (Lipinski definition) is 3. The van der Waals surface area contributed by atoms with Gasteiger partial charge in [-0.15, -0.1) is 0 Å². The fourth-order valence-electron chi connectivity index (χ4n) is 3.81. The number of unbranched alkanes of at least 4 members (excludes halogenated alkanes) is 6. The first-order chi connectivity index (χ1) is 14.0. The first-order valence-electron chi connectivity index (χ1n) is 11.3. The van der Waals surface area contributed by atoms with Crippen molar-refractivity contribution in [3.63, 3.8) is 0 Å². The zero-order valence-electron chi connectivity index (χ0n) is 18.6. The van der Waals surface area contributed by atoms with Crippen LogP contribution in [0.15, 0.2) is 29.1 Å². The number of para-hydroxylation sites is 1. The van der Waals surface area contributed by atoms with E-state index in [0.29, 0.717) is 29.7 Å². The van der Waals surface area contributed by atoms with Gasteiger partial charge in [-0.1, -0.05) is 64.5 Å². The normalized spacial score (nSPS) is 12.3. The highest BCUT2D eigenvalue weighted by molar-refractivity contribution is 5.78. The Morgan fingerprint density at radius 2 is 1.69 bits per heavy atom. The number of fused-ring (bicyclic) bond motifs is 1. The Kier molecular flexibility index (Phi) is 9.36. The van der Waals surface area contributed by atoms with E-state index in [0.717, 1.165) is 25.7 Å². The lowest BCUT2D eigenvalue weighted by Gasteiger charge is -2.30. The summed E-state index contributed by atoms with van der Waals surface area (Å²) < 4.78 is 1.60. The van der Waals surface area contributed by atoms with Gasteiger partial charge in [-0.05, 0) is 31.9 Å². The highest BCUT2D eigenvalue weighted by Crippen LogP contribution is 2.22. The third-order valence-corrected chi connectivity index (χ3v) is 5.68. The molecule has 29 heavy (non-hydrogen) atoms. The second kappa shape index (κ2) is 11.7. The van der Waals surface area contributed by atoms with E-state index in [4.69, 9.17) is 4.98 Å². The smallest absolute Gasteiger partial charge is 0.261 e. The topological polar surface area (TPSA) is 55.2 Å². The highest BCUT2D eigenvalue weighted by Gasteiger charge is 2.24. The summed E-state index contributed by atoms with van der Waals surface area (Å²) in [7, 11) is 1.75. The largest absolute Gasteiger partial charge is 0.333 e. The highest BCUT2D eigenvalue weighted by atomic mass is 16.2. The molecule has 0 aliphatic rings. The number of hydrogen-bond donors (Lipinski definition) is 0. The molecule has 5 nitrogen and oxygen atoms in total. The van der Waals surface area contributed by atoms with Gasteiger partial charge in [0.2, 0.25) is 5.91 Å². The summed E-state index contributed by atoms with van der Waals surface area (Å²) in [5, 5.41) is 0.615. The van der Waals surface area contributed by atoms with Crippen LogP contribution in [0, 0.1) is 0 Å². The van der Waals surface area contributed by atoms with Crippen molar-refractivity contribution in [1.29, 1.82) is 0 Å². The Bertz CT molecular complexity index is 844. The molecule has 1 aromatic carbocycles. The van der Waals surface area contributed by atoms with Gasteiger partial charge < -0.3 is 4.90 Å². The Labute approximate surface area is 175 Å². The molecule has 0 fully saturated rings. The molecule has 0 saturated carbocycles. The Morgan fingerprint density at radius 3 is 2.41 bits per heavy atom. The summed E-state index contributed by atoms with van der Waals surface area (Å²) in [6, 6.07) is 7.18. The first kappa shape index (κ1) is 23.1. The van der Waals surface area contributed by atoms with Crippen LogP contribution >= 0.6 is 0 Å². The monoisotopic (exact) mass is 399 g/mol. The van der Waals surface area contributed by atoms with E-state index in [-0.39, 0.29) is 17.5 Å². The average Bonchev–Trinajstić information content (AvgIpc) is 2.73. The van der Waals surface area contributed by atoms with E-state index in [1.807, 2.05) is 30.0 Å². The van der Waals surface area contributed by atoms with Crippen molar-refractivity contribution in [2.75, 3.05) is 6.54 Å². The number of benzene rings is 1. The lowest BCUT2D eigenvalue weighted by molar-refractivity contribution is -0.133. The minimum absolute atomic E-state index is 0.0590. The molecule has 0 bridgehead atoms. The van der Waals surface area contributed by atoms with E-state index < -0.39 is 0 Å². The number of amides is 1. The standard InChI is InChI=1S/C24H37N3O2/c1-5-7-9-10-11-12-17-22(28)27(18-8-6-2)19(3)23-25-21-16-14-13-15-20(21)24(29)26(23)4/h13-16,19H,5-12,17-18H2,1-4H3. The van der Waals surface area contributed by atoms with Crippen LogP contribution in [0.4, 0.5) is 0 Å². The third kappa shape index (κ3) is 6.15. The van der Waals surface area contributed by atoms with Gasteiger partial charge in [0.1, 0.15) is 5.82 Å². The molecule has 1 unspecified atom stereocenters. The molecule has 2 aromatic rings. The second-order valence-corrected chi connectivity index (χ2v) is 7.99. The molecule has 5 heteroatoms. The summed E-state index contributed by atoms with van der Waals surface area (Å²) >= 11 is 0. The molecule has 0 aliphatic heterocycles. The van der Waals surface area contributed by atoms with Crippen molar-refractivity contribution in [3.05, 3.63) is 40.4 Å². The van der Waals surface area contributed by atoms with Gasteiger partial charge in [-0.3, -0.25) is 14.2 Å². The minimum Gasteiger partial charge on any atom is -0.333 e. The van der Waals surface area contributed by atoms with Crippen molar-refractivity contribution in [2.24, 2.45) is 7.05 Å². The fraction of sp³-hybridized carbons (Fsp3) is 0.625. The SMILES string of the molecule is CCCCCCCCC(=O)N(CCCC)C(C)c1nc2ccccc2c(=O)n1C. The van der Waals surface area contributed by atoms with Crippen molar-refractivity contribution in [1.82, 2.24) is 14.5 Å². The third-order valence-electron chi connectivity index (χ3n) is 5.68. The summed E-state index contributed by atoms with van der Waals surface area (Å²) in [5.74, 6) is 0.824. The quantitative estimate of drug-likeness (QED) is 0.451. The van der Waals surface area contributed by atoms with Crippen molar-refractivity contribution < 1.29 is 4.79 Å². The lowest BCUT2D eigenvalue weighted by atomic mass is 10.1. The molecule has 0 N–H and O–H groups in total. The van der Waals surface area contributed by atoms with Gasteiger partial charge in [0.05, 0.1) is 16.9 Å². The molecular formula is C24H37N3O2. The number of nitrogens with zero attached hydrogens (tertiary/aromatic N) is 3. The maximum absolute atomic E-state index is 13.0. The number of carbonyl (C=O) groups is 1. The number of rotatable bonds is 12. The predicted octanol–water partition coefficient (Wildman–Crippen LogP) is 5.37. The van der Waals surface area contributed by atoms with Gasteiger partial charge in [0.25, 0.3) is 5.56 Å². The van der Waals surface area contributed by atoms with E-state index in [1.54, 1.807) is 17.7 Å². The number of carbonyl (C=O) groups excluding carboxylic acids is 1. The lowest BCUT2D eigenvalue weighted by Crippen LogP contribution is -2.37. The van der Waals surface area contributed by atoms with Crippen LogP contribution < -0.4 is 5.56 Å². The summed E-state index contributed by atoms with van der Waals surface area (Å²) in [4.78, 5) is 32.5. The first-order valence-corrected chi connectivity index (χ1v) is 11.3. The van der Waals surface area contributed by atoms with Crippen LogP contribution in [0.2, 0.25) is 0 Å². The van der Waals surface area contributed by atoms with Crippen molar-refractivity contribution in [2.45, 2.75) is 84.6 Å². The van der Waals surface area contributed by atoms with Crippen LogP contribution in [-0.4, -0.2) is 26.9 Å². The van der Waals surface area contributed by atoms with Gasteiger partial charge >= 0.3 is 0 Å². The molecule has 1 aromatic heterocycles. The molecular weight excluding hydrogens is 362 g/mol. The summed E-state index contributed by atoms with van der Waals surface area (Å²) in [5.41, 5.74) is 0.632. The van der Waals surface area contributed by atoms with Crippen LogP contribution in [0.3, 0.4) is 0 Å². The molecule has 1 atom stereocenters. The molecule has 0 saturated heterocycles. The molecule has 1 amide bonds. The van der Waals surface area contributed by atoms with Crippen LogP contribution in [-0.2, 0) is 11.8 Å². The Hall–Kier alpha value is -2.17. The van der Waals surface area contributed by atoms with Gasteiger partial charge in [-0.25, -0.2) is 4.98 Å². The van der Waals surface area contributed by atoms with E-state index in [1.165, 1.54) is 25.7 Å². The van der Waals surface area contributed by atoms with Gasteiger partial charge in [0.15, 0.2) is 0 Å². The van der Waals surface area contributed by atoms with Crippen LogP contribution in [0.5, 0.6) is 0 Å².